The molecule has 1 amide bonds. The van der Waals surface area contributed by atoms with E-state index in [1.54, 1.807) is 17.0 Å². The zero-order chi connectivity index (χ0) is 16.3. The zero-order valence-corrected chi connectivity index (χ0v) is 13.0. The van der Waals surface area contributed by atoms with Gasteiger partial charge in [0.05, 0.1) is 11.8 Å². The SMILES string of the molecule is CCC(C(=O)N1CCC(C(=O)O)C(C)C1)c1ccc(F)cc1. The number of carbonyl (C=O) groups excluding carboxylic acids is 1. The fourth-order valence-corrected chi connectivity index (χ4v) is 3.18. The standard InChI is InChI=1S/C17H22FNO3/c1-3-14(12-4-6-13(18)7-5-12)16(20)19-9-8-15(17(21)22)11(2)10-19/h4-7,11,14-15H,3,8-10H2,1-2H3,(H,21,22). The maximum absolute atomic E-state index is 13.0. The summed E-state index contributed by atoms with van der Waals surface area (Å²) in [4.78, 5) is 25.6. The molecular formula is C17H22FNO3. The molecule has 1 fully saturated rings. The summed E-state index contributed by atoms with van der Waals surface area (Å²) in [5, 5.41) is 9.15. The summed E-state index contributed by atoms with van der Waals surface area (Å²) >= 11 is 0. The van der Waals surface area contributed by atoms with Crippen LogP contribution < -0.4 is 0 Å². The predicted octanol–water partition coefficient (Wildman–Crippen LogP) is 2.89. The minimum atomic E-state index is -0.787. The third-order valence-electron chi connectivity index (χ3n) is 4.51. The van der Waals surface area contributed by atoms with Crippen LogP contribution in [0.3, 0.4) is 0 Å². The van der Waals surface area contributed by atoms with Crippen molar-refractivity contribution >= 4 is 11.9 Å². The Morgan fingerprint density at radius 3 is 2.50 bits per heavy atom. The molecule has 3 atom stereocenters. The highest BCUT2D eigenvalue weighted by Crippen LogP contribution is 2.28. The molecule has 5 heteroatoms. The van der Waals surface area contributed by atoms with Gasteiger partial charge >= 0.3 is 5.97 Å². The lowest BCUT2D eigenvalue weighted by atomic mass is 9.85. The number of likely N-dealkylation sites (tertiary alicyclic amines) is 1. The van der Waals surface area contributed by atoms with Crippen molar-refractivity contribution < 1.29 is 19.1 Å². The van der Waals surface area contributed by atoms with Gasteiger partial charge in [0, 0.05) is 13.1 Å². The molecule has 22 heavy (non-hydrogen) atoms. The first-order valence-corrected chi connectivity index (χ1v) is 7.71. The molecule has 1 saturated heterocycles. The van der Waals surface area contributed by atoms with Crippen molar-refractivity contribution in [2.24, 2.45) is 11.8 Å². The Hall–Kier alpha value is -1.91. The second kappa shape index (κ2) is 6.90. The molecular weight excluding hydrogens is 285 g/mol. The number of hydrogen-bond donors (Lipinski definition) is 1. The van der Waals surface area contributed by atoms with E-state index in [4.69, 9.17) is 5.11 Å². The Morgan fingerprint density at radius 2 is 2.00 bits per heavy atom. The van der Waals surface area contributed by atoms with Crippen molar-refractivity contribution in [1.29, 1.82) is 0 Å². The van der Waals surface area contributed by atoms with Crippen LogP contribution in [0.2, 0.25) is 0 Å². The first kappa shape index (κ1) is 16.5. The molecule has 0 radical (unpaired) electrons. The number of carbonyl (C=O) groups is 2. The Balaban J connectivity index is 2.09. The zero-order valence-electron chi connectivity index (χ0n) is 13.0. The Morgan fingerprint density at radius 1 is 1.36 bits per heavy atom. The van der Waals surface area contributed by atoms with Crippen LogP contribution in [-0.4, -0.2) is 35.0 Å². The van der Waals surface area contributed by atoms with E-state index in [1.165, 1.54) is 12.1 Å². The second-order valence-electron chi connectivity index (χ2n) is 6.01. The number of amides is 1. The Bertz CT molecular complexity index is 543. The molecule has 0 spiro atoms. The number of carboxylic acids is 1. The normalized spacial score (nSPS) is 23.1. The summed E-state index contributed by atoms with van der Waals surface area (Å²) in [6.07, 6.45) is 1.12. The van der Waals surface area contributed by atoms with E-state index in [9.17, 15) is 14.0 Å². The van der Waals surface area contributed by atoms with E-state index in [0.29, 0.717) is 25.9 Å². The van der Waals surface area contributed by atoms with Crippen LogP contribution in [0.1, 0.15) is 38.2 Å². The molecule has 1 heterocycles. The number of rotatable bonds is 4. The van der Waals surface area contributed by atoms with Gasteiger partial charge in [0.25, 0.3) is 0 Å². The van der Waals surface area contributed by atoms with Crippen molar-refractivity contribution in [3.63, 3.8) is 0 Å². The summed E-state index contributed by atoms with van der Waals surface area (Å²) in [7, 11) is 0. The number of benzene rings is 1. The van der Waals surface area contributed by atoms with Crippen LogP contribution in [0.25, 0.3) is 0 Å². The van der Waals surface area contributed by atoms with Gasteiger partial charge in [-0.3, -0.25) is 9.59 Å². The molecule has 1 aromatic carbocycles. The van der Waals surface area contributed by atoms with Gasteiger partial charge in [-0.05, 0) is 36.5 Å². The summed E-state index contributed by atoms with van der Waals surface area (Å²) in [5.41, 5.74) is 0.807. The molecule has 0 saturated carbocycles. The highest BCUT2D eigenvalue weighted by Gasteiger charge is 2.35. The summed E-state index contributed by atoms with van der Waals surface area (Å²) in [6.45, 7) is 4.74. The molecule has 3 unspecified atom stereocenters. The van der Waals surface area contributed by atoms with Crippen molar-refractivity contribution in [1.82, 2.24) is 4.90 Å². The van der Waals surface area contributed by atoms with Gasteiger partial charge in [-0.15, -0.1) is 0 Å². The molecule has 120 valence electrons. The highest BCUT2D eigenvalue weighted by atomic mass is 19.1. The average molecular weight is 307 g/mol. The second-order valence-corrected chi connectivity index (χ2v) is 6.01. The third-order valence-corrected chi connectivity index (χ3v) is 4.51. The van der Waals surface area contributed by atoms with Crippen LogP contribution in [0.4, 0.5) is 4.39 Å². The van der Waals surface area contributed by atoms with Crippen LogP contribution in [-0.2, 0) is 9.59 Å². The number of nitrogens with zero attached hydrogens (tertiary/aromatic N) is 1. The number of piperidine rings is 1. The lowest BCUT2D eigenvalue weighted by molar-refractivity contribution is -0.148. The maximum Gasteiger partial charge on any atom is 0.306 e. The fourth-order valence-electron chi connectivity index (χ4n) is 3.18. The fraction of sp³-hybridized carbons (Fsp3) is 0.529. The van der Waals surface area contributed by atoms with Crippen LogP contribution >= 0.6 is 0 Å². The molecule has 0 aromatic heterocycles. The number of carboxylic acid groups (broad SMARTS) is 1. The molecule has 0 bridgehead atoms. The predicted molar refractivity (Wildman–Crippen MR) is 80.9 cm³/mol. The van der Waals surface area contributed by atoms with E-state index in [0.717, 1.165) is 5.56 Å². The van der Waals surface area contributed by atoms with Gasteiger partial charge in [0.2, 0.25) is 5.91 Å². The van der Waals surface area contributed by atoms with E-state index in [1.807, 2.05) is 13.8 Å². The lowest BCUT2D eigenvalue weighted by Crippen LogP contribution is -2.46. The van der Waals surface area contributed by atoms with Gasteiger partial charge in [-0.25, -0.2) is 4.39 Å². The molecule has 1 aliphatic rings. The lowest BCUT2D eigenvalue weighted by Gasteiger charge is -2.36. The van der Waals surface area contributed by atoms with Gasteiger partial charge in [0.15, 0.2) is 0 Å². The largest absolute Gasteiger partial charge is 0.481 e. The number of hydrogen-bond acceptors (Lipinski definition) is 2. The number of aliphatic carboxylic acids is 1. The smallest absolute Gasteiger partial charge is 0.306 e. The van der Waals surface area contributed by atoms with Gasteiger partial charge in [-0.1, -0.05) is 26.0 Å². The van der Waals surface area contributed by atoms with E-state index in [2.05, 4.69) is 0 Å². The van der Waals surface area contributed by atoms with Crippen LogP contribution in [0.5, 0.6) is 0 Å². The molecule has 4 nitrogen and oxygen atoms in total. The van der Waals surface area contributed by atoms with Gasteiger partial charge in [-0.2, -0.15) is 0 Å². The first-order valence-electron chi connectivity index (χ1n) is 7.71. The average Bonchev–Trinajstić information content (AvgIpc) is 2.49. The highest BCUT2D eigenvalue weighted by molar-refractivity contribution is 5.84. The summed E-state index contributed by atoms with van der Waals surface area (Å²) < 4.78 is 13.0. The summed E-state index contributed by atoms with van der Waals surface area (Å²) in [5.74, 6) is -1.83. The maximum atomic E-state index is 13.0. The van der Waals surface area contributed by atoms with Crippen molar-refractivity contribution in [2.45, 2.75) is 32.6 Å². The molecule has 1 aliphatic heterocycles. The monoisotopic (exact) mass is 307 g/mol. The molecule has 0 aliphatic carbocycles. The minimum absolute atomic E-state index is 0.00444. The molecule has 2 rings (SSSR count). The van der Waals surface area contributed by atoms with Gasteiger partial charge in [0.1, 0.15) is 5.82 Å². The Kier molecular flexibility index (Phi) is 5.16. The third kappa shape index (κ3) is 3.46. The topological polar surface area (TPSA) is 57.6 Å². The van der Waals surface area contributed by atoms with E-state index < -0.39 is 5.97 Å². The van der Waals surface area contributed by atoms with Crippen LogP contribution in [0.15, 0.2) is 24.3 Å². The van der Waals surface area contributed by atoms with Crippen LogP contribution in [0, 0.1) is 17.7 Å². The molecule has 1 N–H and O–H groups in total. The first-order chi connectivity index (χ1) is 10.4. The minimum Gasteiger partial charge on any atom is -0.481 e. The molecule has 1 aromatic rings. The summed E-state index contributed by atoms with van der Waals surface area (Å²) in [6, 6.07) is 6.03. The quantitative estimate of drug-likeness (QED) is 0.930. The van der Waals surface area contributed by atoms with Crippen molar-refractivity contribution in [3.8, 4) is 0 Å². The Labute approximate surface area is 129 Å². The van der Waals surface area contributed by atoms with E-state index in [-0.39, 0.29) is 29.5 Å². The van der Waals surface area contributed by atoms with Gasteiger partial charge < -0.3 is 10.0 Å². The van der Waals surface area contributed by atoms with E-state index >= 15 is 0 Å². The number of halogens is 1. The van der Waals surface area contributed by atoms with Crippen molar-refractivity contribution in [2.75, 3.05) is 13.1 Å². The van der Waals surface area contributed by atoms with Crippen molar-refractivity contribution in [3.05, 3.63) is 35.6 Å².